The number of carboxylic acids is 1. The Bertz CT molecular complexity index is 579. The molecule has 1 rings (SSSR count). The molecule has 0 heterocycles. The van der Waals surface area contributed by atoms with Crippen molar-refractivity contribution in [3.8, 4) is 0 Å². The zero-order chi connectivity index (χ0) is 14.6. The van der Waals surface area contributed by atoms with E-state index in [0.717, 1.165) is 25.3 Å². The van der Waals surface area contributed by atoms with Gasteiger partial charge in [0.2, 0.25) is 0 Å². The normalized spacial score (nSPS) is 11.5. The summed E-state index contributed by atoms with van der Waals surface area (Å²) in [5, 5.41) is 9.02. The number of hydrogen-bond acceptors (Lipinski definition) is 3. The van der Waals surface area contributed by atoms with Gasteiger partial charge >= 0.3 is 5.97 Å². The highest BCUT2D eigenvalue weighted by Gasteiger charge is 2.20. The van der Waals surface area contributed by atoms with Crippen LogP contribution in [0, 0.1) is 6.92 Å². The van der Waals surface area contributed by atoms with Gasteiger partial charge in [-0.25, -0.2) is 13.2 Å². The highest BCUT2D eigenvalue weighted by atomic mass is 35.7. The van der Waals surface area contributed by atoms with Crippen molar-refractivity contribution in [1.29, 1.82) is 0 Å². The van der Waals surface area contributed by atoms with Gasteiger partial charge < -0.3 is 5.11 Å². The Morgan fingerprint density at radius 3 is 2.42 bits per heavy atom. The van der Waals surface area contributed by atoms with Crippen LogP contribution in [0.15, 0.2) is 17.0 Å². The first kappa shape index (κ1) is 16.0. The van der Waals surface area contributed by atoms with Crippen molar-refractivity contribution in [1.82, 2.24) is 0 Å². The first-order chi connectivity index (χ1) is 8.77. The van der Waals surface area contributed by atoms with E-state index in [1.54, 1.807) is 13.0 Å². The van der Waals surface area contributed by atoms with E-state index in [9.17, 15) is 13.2 Å². The summed E-state index contributed by atoms with van der Waals surface area (Å²) in [6, 6.07) is 2.76. The molecule has 4 nitrogen and oxygen atoms in total. The highest BCUT2D eigenvalue weighted by Crippen LogP contribution is 2.26. The van der Waals surface area contributed by atoms with Crippen LogP contribution in [0.1, 0.15) is 47.7 Å². The molecule has 1 N–H and O–H groups in total. The number of rotatable bonds is 6. The topological polar surface area (TPSA) is 71.4 Å². The molecule has 106 valence electrons. The lowest BCUT2D eigenvalue weighted by molar-refractivity contribution is 0.0696. The predicted octanol–water partition coefficient (Wildman–Crippen LogP) is 3.35. The van der Waals surface area contributed by atoms with E-state index in [4.69, 9.17) is 15.8 Å². The number of halogens is 1. The maximum Gasteiger partial charge on any atom is 0.335 e. The van der Waals surface area contributed by atoms with Crippen LogP contribution >= 0.6 is 10.7 Å². The Morgan fingerprint density at radius 2 is 1.95 bits per heavy atom. The van der Waals surface area contributed by atoms with Crippen LogP contribution in [0.4, 0.5) is 0 Å². The molecule has 0 aromatic heterocycles. The van der Waals surface area contributed by atoms with Gasteiger partial charge in [-0.3, -0.25) is 0 Å². The molecular weight excluding hydrogens is 288 g/mol. The summed E-state index contributed by atoms with van der Waals surface area (Å²) >= 11 is 0. The van der Waals surface area contributed by atoms with E-state index >= 15 is 0 Å². The third-order valence-electron chi connectivity index (χ3n) is 2.95. The quantitative estimate of drug-likeness (QED) is 0.646. The van der Waals surface area contributed by atoms with Gasteiger partial charge in [-0.1, -0.05) is 25.8 Å². The molecule has 0 aliphatic carbocycles. The summed E-state index contributed by atoms with van der Waals surface area (Å²) < 4.78 is 23.1. The number of hydrogen-bond donors (Lipinski definition) is 1. The van der Waals surface area contributed by atoms with Crippen LogP contribution in [0.2, 0.25) is 0 Å². The second kappa shape index (κ2) is 6.39. The van der Waals surface area contributed by atoms with E-state index in [0.29, 0.717) is 17.5 Å². The lowest BCUT2D eigenvalue weighted by Gasteiger charge is -2.10. The summed E-state index contributed by atoms with van der Waals surface area (Å²) in [5.74, 6) is -1.15. The number of aromatic carboxylic acids is 1. The predicted molar refractivity (Wildman–Crippen MR) is 74.4 cm³/mol. The Labute approximate surface area is 117 Å². The average molecular weight is 305 g/mol. The molecule has 6 heteroatoms. The molecule has 0 radical (unpaired) electrons. The maximum atomic E-state index is 11.5. The summed E-state index contributed by atoms with van der Waals surface area (Å²) in [6.45, 7) is 3.70. The number of aryl methyl sites for hydroxylation is 2. The molecule has 19 heavy (non-hydrogen) atoms. The Hall–Kier alpha value is -1.07. The second-order valence-corrected chi connectivity index (χ2v) is 7.01. The van der Waals surface area contributed by atoms with Gasteiger partial charge in [0.1, 0.15) is 0 Å². The molecule has 0 saturated carbocycles. The molecule has 0 saturated heterocycles. The van der Waals surface area contributed by atoms with Crippen LogP contribution in [0.25, 0.3) is 0 Å². The number of unbranched alkanes of at least 4 members (excludes halogenated alkanes) is 2. The van der Waals surface area contributed by atoms with Gasteiger partial charge in [0.25, 0.3) is 9.05 Å². The van der Waals surface area contributed by atoms with Gasteiger partial charge in [-0.2, -0.15) is 0 Å². The van der Waals surface area contributed by atoms with E-state index < -0.39 is 15.0 Å². The fourth-order valence-electron chi connectivity index (χ4n) is 1.97. The van der Waals surface area contributed by atoms with E-state index in [2.05, 4.69) is 6.92 Å². The summed E-state index contributed by atoms with van der Waals surface area (Å²) in [4.78, 5) is 10.9. The first-order valence-electron chi connectivity index (χ1n) is 6.08. The van der Waals surface area contributed by atoms with Crippen molar-refractivity contribution < 1.29 is 18.3 Å². The number of benzene rings is 1. The molecule has 1 aromatic rings. The van der Waals surface area contributed by atoms with Gasteiger partial charge in [0.15, 0.2) is 0 Å². The summed E-state index contributed by atoms with van der Waals surface area (Å²) in [5.41, 5.74) is 1.10. The number of carboxylic acid groups (broad SMARTS) is 1. The molecule has 0 fully saturated rings. The zero-order valence-electron chi connectivity index (χ0n) is 10.9. The van der Waals surface area contributed by atoms with Crippen LogP contribution in [-0.2, 0) is 15.5 Å². The summed E-state index contributed by atoms with van der Waals surface area (Å²) in [6.07, 6.45) is 3.44. The average Bonchev–Trinajstić information content (AvgIpc) is 2.27. The van der Waals surface area contributed by atoms with Crippen LogP contribution in [-0.4, -0.2) is 19.5 Å². The molecule has 0 aliphatic heterocycles. The minimum Gasteiger partial charge on any atom is -0.478 e. The lowest BCUT2D eigenvalue weighted by atomic mass is 10.0. The maximum absolute atomic E-state index is 11.5. The molecule has 0 atom stereocenters. The van der Waals surface area contributed by atoms with Gasteiger partial charge in [-0.15, -0.1) is 0 Å². The van der Waals surface area contributed by atoms with Crippen molar-refractivity contribution in [2.24, 2.45) is 0 Å². The van der Waals surface area contributed by atoms with Gasteiger partial charge in [0, 0.05) is 10.7 Å². The third kappa shape index (κ3) is 4.21. The molecule has 1 aromatic carbocycles. The zero-order valence-corrected chi connectivity index (χ0v) is 12.5. The minimum absolute atomic E-state index is 0.0292. The van der Waals surface area contributed by atoms with Crippen molar-refractivity contribution >= 4 is 25.7 Å². The summed E-state index contributed by atoms with van der Waals surface area (Å²) in [7, 11) is 1.45. The van der Waals surface area contributed by atoms with Gasteiger partial charge in [0.05, 0.1) is 10.5 Å². The van der Waals surface area contributed by atoms with E-state index in [1.165, 1.54) is 0 Å². The van der Waals surface area contributed by atoms with Crippen LogP contribution in [0.3, 0.4) is 0 Å². The van der Waals surface area contributed by atoms with Crippen molar-refractivity contribution in [3.05, 3.63) is 28.8 Å². The fraction of sp³-hybridized carbons (Fsp3) is 0.462. The fourth-order valence-corrected chi connectivity index (χ4v) is 3.13. The standard InChI is InChI=1S/C13H17ClO4S/c1-3-4-5-6-10-7-9(2)11(13(15)16)8-12(10)19(14,17)18/h7-8H,3-6H2,1-2H3,(H,15,16). The van der Waals surface area contributed by atoms with E-state index in [-0.39, 0.29) is 10.5 Å². The Balaban J connectivity index is 3.29. The third-order valence-corrected chi connectivity index (χ3v) is 4.35. The first-order valence-corrected chi connectivity index (χ1v) is 8.39. The monoisotopic (exact) mass is 304 g/mol. The Kier molecular flexibility index (Phi) is 5.38. The van der Waals surface area contributed by atoms with E-state index in [1.807, 2.05) is 0 Å². The van der Waals surface area contributed by atoms with Crippen molar-refractivity contribution in [2.75, 3.05) is 0 Å². The number of carbonyl (C=O) groups is 1. The second-order valence-electron chi connectivity index (χ2n) is 4.47. The van der Waals surface area contributed by atoms with Crippen molar-refractivity contribution in [2.45, 2.75) is 44.4 Å². The van der Waals surface area contributed by atoms with Crippen LogP contribution in [0.5, 0.6) is 0 Å². The Morgan fingerprint density at radius 1 is 1.32 bits per heavy atom. The smallest absolute Gasteiger partial charge is 0.335 e. The largest absolute Gasteiger partial charge is 0.478 e. The SMILES string of the molecule is CCCCCc1cc(C)c(C(=O)O)cc1S(=O)(=O)Cl. The molecule has 0 aliphatic rings. The lowest BCUT2D eigenvalue weighted by Crippen LogP contribution is -2.06. The van der Waals surface area contributed by atoms with Crippen LogP contribution < -0.4 is 0 Å². The minimum atomic E-state index is -3.93. The molecule has 0 amide bonds. The molecule has 0 spiro atoms. The molecular formula is C13H17ClO4S. The molecule has 0 unspecified atom stereocenters. The molecule has 0 bridgehead atoms. The van der Waals surface area contributed by atoms with Crippen molar-refractivity contribution in [3.63, 3.8) is 0 Å². The van der Waals surface area contributed by atoms with Gasteiger partial charge in [-0.05, 0) is 37.0 Å². The highest BCUT2D eigenvalue weighted by molar-refractivity contribution is 8.13.